The van der Waals surface area contributed by atoms with Crippen molar-refractivity contribution < 1.29 is 0 Å². The second-order valence-corrected chi connectivity index (χ2v) is 6.66. The van der Waals surface area contributed by atoms with Gasteiger partial charge < -0.3 is 5.73 Å². The van der Waals surface area contributed by atoms with Crippen molar-refractivity contribution in [3.8, 4) is 0 Å². The highest BCUT2D eigenvalue weighted by atomic mass is 79.9. The predicted octanol–water partition coefficient (Wildman–Crippen LogP) is 3.79. The normalized spacial score (nSPS) is 24.4. The van der Waals surface area contributed by atoms with Crippen molar-refractivity contribution in [1.82, 2.24) is 4.90 Å². The van der Waals surface area contributed by atoms with E-state index in [0.717, 1.165) is 17.6 Å². The molecule has 2 rings (SSSR count). The number of halogens is 1. The van der Waals surface area contributed by atoms with Crippen LogP contribution in [0.3, 0.4) is 0 Å². The van der Waals surface area contributed by atoms with Gasteiger partial charge in [-0.05, 0) is 50.0 Å². The Morgan fingerprint density at radius 1 is 1.26 bits per heavy atom. The lowest BCUT2D eigenvalue weighted by atomic mass is 9.93. The molecule has 3 heteroatoms. The molecule has 1 aliphatic rings. The van der Waals surface area contributed by atoms with Gasteiger partial charge in [0.1, 0.15) is 0 Å². The second-order valence-electron chi connectivity index (χ2n) is 5.75. The minimum Gasteiger partial charge on any atom is -0.330 e. The van der Waals surface area contributed by atoms with Crippen LogP contribution in [0, 0.1) is 5.92 Å². The number of hydrogen-bond acceptors (Lipinski definition) is 2. The molecule has 1 saturated carbocycles. The fourth-order valence-corrected chi connectivity index (χ4v) is 3.71. The number of hydrogen-bond donors (Lipinski definition) is 1. The molecule has 2 nitrogen and oxygen atoms in total. The zero-order valence-corrected chi connectivity index (χ0v) is 13.4. The maximum atomic E-state index is 5.98. The lowest BCUT2D eigenvalue weighted by molar-refractivity contribution is 0.161. The monoisotopic (exact) mass is 324 g/mol. The molecular weight excluding hydrogens is 300 g/mol. The summed E-state index contributed by atoms with van der Waals surface area (Å²) >= 11 is 3.55. The minimum atomic E-state index is 0.645. The maximum absolute atomic E-state index is 5.98. The summed E-state index contributed by atoms with van der Waals surface area (Å²) in [5.41, 5.74) is 7.36. The molecule has 1 fully saturated rings. The van der Waals surface area contributed by atoms with E-state index in [0.29, 0.717) is 12.0 Å². The fourth-order valence-electron chi connectivity index (χ4n) is 3.26. The standard InChI is InChI=1S/C16H25BrN2/c1-19(12-13-6-5-8-15(17)10-13)16-9-4-2-3-7-14(16)11-18/h5-6,8,10,14,16H,2-4,7,9,11-12,18H2,1H3. The Morgan fingerprint density at radius 3 is 2.79 bits per heavy atom. The Labute approximate surface area is 125 Å². The summed E-state index contributed by atoms with van der Waals surface area (Å²) in [6.07, 6.45) is 6.67. The van der Waals surface area contributed by atoms with E-state index in [1.165, 1.54) is 37.7 Å². The number of benzene rings is 1. The quantitative estimate of drug-likeness (QED) is 0.854. The van der Waals surface area contributed by atoms with E-state index in [4.69, 9.17) is 5.73 Å². The topological polar surface area (TPSA) is 29.3 Å². The van der Waals surface area contributed by atoms with Gasteiger partial charge in [0.25, 0.3) is 0 Å². The first-order valence-electron chi connectivity index (χ1n) is 7.35. The van der Waals surface area contributed by atoms with Crippen LogP contribution in [0.2, 0.25) is 0 Å². The summed E-state index contributed by atoms with van der Waals surface area (Å²) < 4.78 is 1.16. The van der Waals surface area contributed by atoms with Gasteiger partial charge in [0.15, 0.2) is 0 Å². The smallest absolute Gasteiger partial charge is 0.0234 e. The molecule has 2 atom stereocenters. The molecule has 0 aromatic heterocycles. The van der Waals surface area contributed by atoms with Crippen molar-refractivity contribution in [2.45, 2.75) is 44.7 Å². The summed E-state index contributed by atoms with van der Waals surface area (Å²) in [7, 11) is 2.25. The summed E-state index contributed by atoms with van der Waals surface area (Å²) in [5.74, 6) is 0.666. The average molecular weight is 325 g/mol. The highest BCUT2D eigenvalue weighted by molar-refractivity contribution is 9.10. The van der Waals surface area contributed by atoms with Crippen LogP contribution in [-0.4, -0.2) is 24.5 Å². The van der Waals surface area contributed by atoms with E-state index in [2.05, 4.69) is 52.1 Å². The molecule has 2 N–H and O–H groups in total. The van der Waals surface area contributed by atoms with Crippen LogP contribution < -0.4 is 5.73 Å². The van der Waals surface area contributed by atoms with E-state index < -0.39 is 0 Å². The predicted molar refractivity (Wildman–Crippen MR) is 85.0 cm³/mol. The number of rotatable bonds is 4. The third kappa shape index (κ3) is 4.30. The summed E-state index contributed by atoms with van der Waals surface area (Å²) in [6, 6.07) is 9.25. The molecule has 0 heterocycles. The zero-order chi connectivity index (χ0) is 13.7. The Kier molecular flexibility index (Phi) is 5.86. The molecule has 106 valence electrons. The lowest BCUT2D eigenvalue weighted by Crippen LogP contribution is -2.40. The van der Waals surface area contributed by atoms with Gasteiger partial charge in [-0.1, -0.05) is 47.3 Å². The SMILES string of the molecule is CN(Cc1cccc(Br)c1)C1CCCCCC1CN. The molecule has 2 unspecified atom stereocenters. The van der Waals surface area contributed by atoms with E-state index in [9.17, 15) is 0 Å². The van der Waals surface area contributed by atoms with E-state index in [-0.39, 0.29) is 0 Å². The highest BCUT2D eigenvalue weighted by Gasteiger charge is 2.25. The molecule has 1 aromatic carbocycles. The van der Waals surface area contributed by atoms with Crippen LogP contribution in [0.4, 0.5) is 0 Å². The van der Waals surface area contributed by atoms with Crippen LogP contribution >= 0.6 is 15.9 Å². The second kappa shape index (κ2) is 7.41. The van der Waals surface area contributed by atoms with Crippen LogP contribution in [-0.2, 0) is 6.54 Å². The highest BCUT2D eigenvalue weighted by Crippen LogP contribution is 2.27. The van der Waals surface area contributed by atoms with Gasteiger partial charge in [-0.25, -0.2) is 0 Å². The molecule has 0 bridgehead atoms. The first kappa shape index (κ1) is 15.0. The van der Waals surface area contributed by atoms with E-state index in [1.54, 1.807) is 0 Å². The zero-order valence-electron chi connectivity index (χ0n) is 11.8. The third-order valence-corrected chi connectivity index (χ3v) is 4.80. The van der Waals surface area contributed by atoms with Crippen molar-refractivity contribution >= 4 is 15.9 Å². The van der Waals surface area contributed by atoms with Gasteiger partial charge >= 0.3 is 0 Å². The van der Waals surface area contributed by atoms with Crippen molar-refractivity contribution in [2.24, 2.45) is 11.7 Å². The van der Waals surface area contributed by atoms with Gasteiger partial charge in [-0.3, -0.25) is 4.90 Å². The van der Waals surface area contributed by atoms with Gasteiger partial charge in [0.05, 0.1) is 0 Å². The maximum Gasteiger partial charge on any atom is 0.0234 e. The Balaban J connectivity index is 2.02. The van der Waals surface area contributed by atoms with Crippen molar-refractivity contribution in [3.63, 3.8) is 0 Å². The molecule has 1 aromatic rings. The molecule has 0 saturated heterocycles. The van der Waals surface area contributed by atoms with Gasteiger partial charge in [0.2, 0.25) is 0 Å². The molecule has 0 aliphatic heterocycles. The van der Waals surface area contributed by atoms with Crippen LogP contribution in [0.1, 0.15) is 37.7 Å². The summed E-state index contributed by atoms with van der Waals surface area (Å²) in [6.45, 7) is 1.84. The van der Waals surface area contributed by atoms with E-state index in [1.807, 2.05) is 0 Å². The van der Waals surface area contributed by atoms with Crippen molar-refractivity contribution in [2.75, 3.05) is 13.6 Å². The minimum absolute atomic E-state index is 0.645. The number of nitrogens with two attached hydrogens (primary N) is 1. The Morgan fingerprint density at radius 2 is 2.05 bits per heavy atom. The van der Waals surface area contributed by atoms with Gasteiger partial charge in [-0.2, -0.15) is 0 Å². The first-order valence-corrected chi connectivity index (χ1v) is 8.14. The molecule has 0 radical (unpaired) electrons. The Bertz CT molecular complexity index is 394. The van der Waals surface area contributed by atoms with Crippen molar-refractivity contribution in [1.29, 1.82) is 0 Å². The number of nitrogens with zero attached hydrogens (tertiary/aromatic N) is 1. The van der Waals surface area contributed by atoms with Gasteiger partial charge in [0, 0.05) is 17.1 Å². The lowest BCUT2D eigenvalue weighted by Gasteiger charge is -2.33. The van der Waals surface area contributed by atoms with Gasteiger partial charge in [-0.15, -0.1) is 0 Å². The molecule has 0 spiro atoms. The first-order chi connectivity index (χ1) is 9.20. The fraction of sp³-hybridized carbons (Fsp3) is 0.625. The van der Waals surface area contributed by atoms with Crippen molar-refractivity contribution in [3.05, 3.63) is 34.3 Å². The Hall–Kier alpha value is -0.380. The summed E-state index contributed by atoms with van der Waals surface area (Å²) in [5, 5.41) is 0. The van der Waals surface area contributed by atoms with Crippen LogP contribution in [0.25, 0.3) is 0 Å². The largest absolute Gasteiger partial charge is 0.330 e. The summed E-state index contributed by atoms with van der Waals surface area (Å²) in [4.78, 5) is 2.50. The van der Waals surface area contributed by atoms with Crippen LogP contribution in [0.5, 0.6) is 0 Å². The van der Waals surface area contributed by atoms with E-state index >= 15 is 0 Å². The third-order valence-electron chi connectivity index (χ3n) is 4.31. The molecular formula is C16H25BrN2. The molecule has 19 heavy (non-hydrogen) atoms. The average Bonchev–Trinajstić information content (AvgIpc) is 2.63. The molecule has 0 amide bonds. The van der Waals surface area contributed by atoms with Crippen LogP contribution in [0.15, 0.2) is 28.7 Å². The molecule has 1 aliphatic carbocycles.